The standard InChI is InChI=1S/C14H15ClN2O2S/c1-9-6-7-13(12(16)8-9)20(18,19)17-14-10(2)4-3-5-11(14)15/h3-8,17H,16H2,1-2H3. The van der Waals surface area contributed by atoms with E-state index in [2.05, 4.69) is 4.72 Å². The van der Waals surface area contributed by atoms with Gasteiger partial charge in [0.05, 0.1) is 16.4 Å². The molecular formula is C14H15ClN2O2S. The summed E-state index contributed by atoms with van der Waals surface area (Å²) in [7, 11) is -3.77. The predicted octanol–water partition coefficient (Wildman–Crippen LogP) is 3.34. The molecule has 0 radical (unpaired) electrons. The van der Waals surface area contributed by atoms with Crippen LogP contribution in [0.3, 0.4) is 0 Å². The van der Waals surface area contributed by atoms with Crippen molar-refractivity contribution in [3.05, 3.63) is 52.5 Å². The van der Waals surface area contributed by atoms with Gasteiger partial charge in [-0.2, -0.15) is 0 Å². The van der Waals surface area contributed by atoms with Gasteiger partial charge < -0.3 is 5.73 Å². The average molecular weight is 311 g/mol. The third-order valence-electron chi connectivity index (χ3n) is 2.91. The molecule has 4 nitrogen and oxygen atoms in total. The van der Waals surface area contributed by atoms with Crippen molar-refractivity contribution in [2.45, 2.75) is 18.7 Å². The van der Waals surface area contributed by atoms with E-state index in [0.717, 1.165) is 11.1 Å². The first kappa shape index (κ1) is 14.7. The normalized spacial score (nSPS) is 11.3. The summed E-state index contributed by atoms with van der Waals surface area (Å²) in [5, 5.41) is 0.347. The van der Waals surface area contributed by atoms with Gasteiger partial charge in [-0.25, -0.2) is 8.42 Å². The number of hydrogen-bond acceptors (Lipinski definition) is 3. The van der Waals surface area contributed by atoms with Crippen LogP contribution in [0.2, 0.25) is 5.02 Å². The molecule has 0 aromatic heterocycles. The summed E-state index contributed by atoms with van der Waals surface area (Å²) >= 11 is 6.03. The van der Waals surface area contributed by atoms with Crippen LogP contribution in [0.25, 0.3) is 0 Å². The smallest absolute Gasteiger partial charge is 0.264 e. The van der Waals surface area contributed by atoms with Gasteiger partial charge in [0.25, 0.3) is 10.0 Å². The number of sulfonamides is 1. The highest BCUT2D eigenvalue weighted by molar-refractivity contribution is 7.92. The topological polar surface area (TPSA) is 72.2 Å². The van der Waals surface area contributed by atoms with E-state index in [4.69, 9.17) is 17.3 Å². The van der Waals surface area contributed by atoms with Crippen LogP contribution < -0.4 is 10.5 Å². The number of hydrogen-bond donors (Lipinski definition) is 2. The van der Waals surface area contributed by atoms with E-state index in [9.17, 15) is 8.42 Å². The first-order valence-electron chi connectivity index (χ1n) is 5.95. The SMILES string of the molecule is Cc1ccc(S(=O)(=O)Nc2c(C)cccc2Cl)c(N)c1. The number of nitrogens with one attached hydrogen (secondary N) is 1. The van der Waals surface area contributed by atoms with Crippen molar-refractivity contribution in [3.63, 3.8) is 0 Å². The Morgan fingerprint density at radius 3 is 2.45 bits per heavy atom. The number of rotatable bonds is 3. The summed E-state index contributed by atoms with van der Waals surface area (Å²) in [6.45, 7) is 3.63. The van der Waals surface area contributed by atoms with Gasteiger partial charge in [-0.3, -0.25) is 4.72 Å². The zero-order valence-corrected chi connectivity index (χ0v) is 12.7. The fourth-order valence-electron chi connectivity index (χ4n) is 1.86. The van der Waals surface area contributed by atoms with Gasteiger partial charge in [0.2, 0.25) is 0 Å². The van der Waals surface area contributed by atoms with E-state index in [-0.39, 0.29) is 10.6 Å². The molecular weight excluding hydrogens is 296 g/mol. The molecule has 0 aliphatic heterocycles. The van der Waals surface area contributed by atoms with Crippen LogP contribution in [0, 0.1) is 13.8 Å². The molecule has 2 aromatic carbocycles. The lowest BCUT2D eigenvalue weighted by Gasteiger charge is -2.13. The Balaban J connectivity index is 2.46. The predicted molar refractivity (Wildman–Crippen MR) is 82.6 cm³/mol. The number of nitrogen functional groups attached to an aromatic ring is 1. The van der Waals surface area contributed by atoms with Gasteiger partial charge >= 0.3 is 0 Å². The van der Waals surface area contributed by atoms with Crippen LogP contribution in [0.1, 0.15) is 11.1 Å². The van der Waals surface area contributed by atoms with Gasteiger partial charge in [0.1, 0.15) is 4.90 Å². The van der Waals surface area contributed by atoms with Crippen LogP contribution in [-0.4, -0.2) is 8.42 Å². The van der Waals surface area contributed by atoms with Gasteiger partial charge in [-0.05, 0) is 43.2 Å². The number of halogens is 1. The maximum Gasteiger partial charge on any atom is 0.264 e. The van der Waals surface area contributed by atoms with E-state index < -0.39 is 10.0 Å². The summed E-state index contributed by atoms with van der Waals surface area (Å²) in [5.74, 6) is 0. The summed E-state index contributed by atoms with van der Waals surface area (Å²) in [5.41, 5.74) is 8.01. The van der Waals surface area contributed by atoms with Gasteiger partial charge in [0.15, 0.2) is 0 Å². The highest BCUT2D eigenvalue weighted by Crippen LogP contribution is 2.29. The Hall–Kier alpha value is -1.72. The Kier molecular flexibility index (Phi) is 3.92. The fourth-order valence-corrected chi connectivity index (χ4v) is 3.45. The van der Waals surface area contributed by atoms with Crippen molar-refractivity contribution in [2.24, 2.45) is 0 Å². The Bertz CT molecular complexity index is 738. The van der Waals surface area contributed by atoms with Gasteiger partial charge in [-0.1, -0.05) is 29.8 Å². The Labute approximate surface area is 123 Å². The molecule has 0 aliphatic rings. The van der Waals surface area contributed by atoms with Gasteiger partial charge in [0, 0.05) is 0 Å². The molecule has 0 fully saturated rings. The number of para-hydroxylation sites is 1. The maximum atomic E-state index is 12.4. The molecule has 0 amide bonds. The summed E-state index contributed by atoms with van der Waals surface area (Å²) in [6, 6.07) is 9.97. The van der Waals surface area contributed by atoms with Crippen LogP contribution >= 0.6 is 11.6 Å². The lowest BCUT2D eigenvalue weighted by molar-refractivity contribution is 0.601. The fraction of sp³-hybridized carbons (Fsp3) is 0.143. The molecule has 0 aliphatic carbocycles. The molecule has 2 rings (SSSR count). The molecule has 0 spiro atoms. The van der Waals surface area contributed by atoms with Crippen LogP contribution in [0.5, 0.6) is 0 Å². The van der Waals surface area contributed by atoms with Crippen LogP contribution in [0.15, 0.2) is 41.3 Å². The van der Waals surface area contributed by atoms with Crippen molar-refractivity contribution in [1.82, 2.24) is 0 Å². The Morgan fingerprint density at radius 2 is 1.85 bits per heavy atom. The molecule has 0 unspecified atom stereocenters. The Morgan fingerprint density at radius 1 is 1.15 bits per heavy atom. The maximum absolute atomic E-state index is 12.4. The van der Waals surface area contributed by atoms with E-state index in [1.54, 1.807) is 37.3 Å². The monoisotopic (exact) mass is 310 g/mol. The largest absolute Gasteiger partial charge is 0.398 e. The van der Waals surface area contributed by atoms with E-state index in [1.807, 2.05) is 6.92 Å². The molecule has 0 heterocycles. The molecule has 0 atom stereocenters. The zero-order chi connectivity index (χ0) is 14.9. The second-order valence-electron chi connectivity index (χ2n) is 4.58. The van der Waals surface area contributed by atoms with Crippen LogP contribution in [-0.2, 0) is 10.0 Å². The minimum atomic E-state index is -3.77. The minimum Gasteiger partial charge on any atom is -0.398 e. The van der Waals surface area contributed by atoms with Crippen molar-refractivity contribution in [2.75, 3.05) is 10.5 Å². The second-order valence-corrected chi connectivity index (χ2v) is 6.64. The molecule has 6 heteroatoms. The molecule has 0 saturated heterocycles. The zero-order valence-electron chi connectivity index (χ0n) is 11.1. The minimum absolute atomic E-state index is 0.0439. The van der Waals surface area contributed by atoms with Crippen molar-refractivity contribution >= 4 is 33.0 Å². The van der Waals surface area contributed by atoms with Crippen molar-refractivity contribution in [1.29, 1.82) is 0 Å². The lowest BCUT2D eigenvalue weighted by atomic mass is 10.2. The summed E-state index contributed by atoms with van der Waals surface area (Å²) in [6.07, 6.45) is 0. The first-order valence-corrected chi connectivity index (χ1v) is 7.81. The number of aryl methyl sites for hydroxylation is 2. The third-order valence-corrected chi connectivity index (χ3v) is 4.65. The summed E-state index contributed by atoms with van der Waals surface area (Å²) < 4.78 is 27.3. The average Bonchev–Trinajstić information content (AvgIpc) is 2.33. The summed E-state index contributed by atoms with van der Waals surface area (Å²) in [4.78, 5) is 0.0439. The molecule has 0 bridgehead atoms. The molecule has 0 saturated carbocycles. The number of nitrogens with two attached hydrogens (primary N) is 1. The molecule has 2 aromatic rings. The number of benzene rings is 2. The first-order chi connectivity index (χ1) is 9.31. The molecule has 20 heavy (non-hydrogen) atoms. The van der Waals surface area contributed by atoms with Crippen molar-refractivity contribution in [3.8, 4) is 0 Å². The molecule has 106 valence electrons. The highest BCUT2D eigenvalue weighted by atomic mass is 35.5. The quantitative estimate of drug-likeness (QED) is 0.854. The van der Waals surface area contributed by atoms with E-state index in [1.165, 1.54) is 6.07 Å². The van der Waals surface area contributed by atoms with Crippen LogP contribution in [0.4, 0.5) is 11.4 Å². The lowest BCUT2D eigenvalue weighted by Crippen LogP contribution is -2.16. The number of anilines is 2. The van der Waals surface area contributed by atoms with E-state index >= 15 is 0 Å². The highest BCUT2D eigenvalue weighted by Gasteiger charge is 2.19. The van der Waals surface area contributed by atoms with E-state index in [0.29, 0.717) is 10.7 Å². The second kappa shape index (κ2) is 5.34. The van der Waals surface area contributed by atoms with Crippen molar-refractivity contribution < 1.29 is 8.42 Å². The third kappa shape index (κ3) is 2.89. The van der Waals surface area contributed by atoms with Gasteiger partial charge in [-0.15, -0.1) is 0 Å². The molecule has 3 N–H and O–H groups in total.